The van der Waals surface area contributed by atoms with Crippen molar-refractivity contribution in [3.63, 3.8) is 0 Å². The summed E-state index contributed by atoms with van der Waals surface area (Å²) in [5.41, 5.74) is 2.93. The summed E-state index contributed by atoms with van der Waals surface area (Å²) >= 11 is 9.26. The molecule has 0 aliphatic carbocycles. The highest BCUT2D eigenvalue weighted by atomic mass is 79.9. The minimum absolute atomic E-state index is 0.464. The molecule has 0 saturated heterocycles. The van der Waals surface area contributed by atoms with E-state index in [0.717, 1.165) is 37.4 Å². The summed E-state index contributed by atoms with van der Waals surface area (Å²) < 4.78 is 0.883. The molecule has 3 aromatic carbocycles. The Bertz CT molecular complexity index is 1100. The number of hydrogen-bond acceptors (Lipinski definition) is 2. The van der Waals surface area contributed by atoms with E-state index in [2.05, 4.69) is 34.1 Å². The first-order valence-electron chi connectivity index (χ1n) is 7.42. The Morgan fingerprint density at radius 3 is 2.54 bits per heavy atom. The molecule has 0 aliphatic heterocycles. The molecule has 1 aromatic heterocycles. The predicted molar refractivity (Wildman–Crippen MR) is 103 cm³/mol. The van der Waals surface area contributed by atoms with Crippen LogP contribution in [0.15, 0.2) is 71.2 Å². The normalized spacial score (nSPS) is 11.1. The molecular weight excluding hydrogens is 386 g/mol. The number of hydrogen-bond donors (Lipinski definition) is 0. The largest absolute Gasteiger partial charge is 0.276 e. The molecule has 0 saturated carbocycles. The third-order valence-electron chi connectivity index (χ3n) is 4.05. The second-order valence-corrected chi connectivity index (χ2v) is 6.78. The second kappa shape index (κ2) is 6.00. The van der Waals surface area contributed by atoms with E-state index in [1.54, 1.807) is 6.07 Å². The first-order valence-corrected chi connectivity index (χ1v) is 8.59. The van der Waals surface area contributed by atoms with E-state index in [4.69, 9.17) is 16.6 Å². The Kier molecular flexibility index (Phi) is 3.83. The van der Waals surface area contributed by atoms with Crippen molar-refractivity contribution in [2.45, 2.75) is 0 Å². The van der Waals surface area contributed by atoms with Crippen LogP contribution in [-0.2, 0) is 0 Å². The Balaban J connectivity index is 2.07. The molecule has 4 aromatic rings. The van der Waals surface area contributed by atoms with Crippen molar-refractivity contribution < 1.29 is 4.79 Å². The molecule has 1 heterocycles. The third-order valence-corrected chi connectivity index (χ3v) is 4.74. The van der Waals surface area contributed by atoms with E-state index in [1.807, 2.05) is 42.5 Å². The average molecular weight is 397 g/mol. The Morgan fingerprint density at radius 2 is 1.71 bits per heavy atom. The summed E-state index contributed by atoms with van der Waals surface area (Å²) in [5.74, 6) is 0. The molecule has 0 atom stereocenters. The fourth-order valence-corrected chi connectivity index (χ4v) is 3.46. The van der Waals surface area contributed by atoms with Gasteiger partial charge in [0.15, 0.2) is 0 Å². The topological polar surface area (TPSA) is 30.0 Å². The van der Waals surface area contributed by atoms with Gasteiger partial charge in [0.2, 0.25) is 0 Å². The number of benzene rings is 3. The number of rotatable bonds is 2. The van der Waals surface area contributed by atoms with Crippen LogP contribution in [0.4, 0.5) is 0 Å². The first-order chi connectivity index (χ1) is 11.6. The molecule has 0 aliphatic rings. The molecule has 0 radical (unpaired) electrons. The monoisotopic (exact) mass is 395 g/mol. The van der Waals surface area contributed by atoms with Crippen LogP contribution in [0.1, 0.15) is 10.4 Å². The molecule has 24 heavy (non-hydrogen) atoms. The molecule has 0 spiro atoms. The van der Waals surface area contributed by atoms with Crippen molar-refractivity contribution in [3.8, 4) is 11.3 Å². The van der Waals surface area contributed by atoms with E-state index >= 15 is 0 Å². The quantitative estimate of drug-likeness (QED) is 0.378. The fraction of sp³-hybridized carbons (Fsp3) is 0. The second-order valence-electron chi connectivity index (χ2n) is 5.52. The van der Waals surface area contributed by atoms with E-state index in [9.17, 15) is 4.79 Å². The van der Waals surface area contributed by atoms with Crippen LogP contribution < -0.4 is 0 Å². The van der Waals surface area contributed by atoms with Gasteiger partial charge in [-0.1, -0.05) is 58.4 Å². The summed E-state index contributed by atoms with van der Waals surface area (Å²) in [6, 6.07) is 21.6. The predicted octanol–water partition coefficient (Wildman–Crippen LogP) is 6.20. The summed E-state index contributed by atoms with van der Waals surface area (Å²) in [5, 5.41) is 2.48. The number of nitrogens with zero attached hydrogens (tertiary/aromatic N) is 1. The minimum Gasteiger partial charge on any atom is -0.276 e. The molecule has 0 amide bonds. The summed E-state index contributed by atoms with van der Waals surface area (Å²) in [4.78, 5) is 16.7. The smallest absolute Gasteiger partial charge is 0.253 e. The molecule has 4 rings (SSSR count). The maximum absolute atomic E-state index is 11.9. The van der Waals surface area contributed by atoms with Crippen LogP contribution >= 0.6 is 27.5 Å². The molecule has 0 N–H and O–H groups in total. The van der Waals surface area contributed by atoms with Crippen LogP contribution in [0.2, 0.25) is 0 Å². The SMILES string of the molecule is O=C(Cl)c1cc(-c2cccc3ccccc23)nc2ccc(Br)cc12. The maximum Gasteiger partial charge on any atom is 0.253 e. The standard InChI is InChI=1S/C20H11BrClNO/c21-13-8-9-18-16(10-13)17(20(22)24)11-19(23-18)15-7-3-5-12-4-1-2-6-14(12)15/h1-11H. The lowest BCUT2D eigenvalue weighted by molar-refractivity contribution is 0.108. The summed E-state index contributed by atoms with van der Waals surface area (Å²) in [7, 11) is 0. The van der Waals surface area contributed by atoms with E-state index < -0.39 is 5.24 Å². The lowest BCUT2D eigenvalue weighted by Crippen LogP contribution is -1.96. The van der Waals surface area contributed by atoms with Crippen LogP contribution in [0.3, 0.4) is 0 Å². The molecule has 4 heteroatoms. The van der Waals surface area contributed by atoms with Crippen molar-refractivity contribution in [2.24, 2.45) is 0 Å². The molecule has 2 nitrogen and oxygen atoms in total. The highest BCUT2D eigenvalue weighted by Gasteiger charge is 2.14. The van der Waals surface area contributed by atoms with Crippen LogP contribution in [0.25, 0.3) is 32.9 Å². The van der Waals surface area contributed by atoms with Gasteiger partial charge >= 0.3 is 0 Å². The maximum atomic E-state index is 11.9. The van der Waals surface area contributed by atoms with Gasteiger partial charge in [0, 0.05) is 21.0 Å². The third kappa shape index (κ3) is 2.60. The number of carbonyl (C=O) groups excluding carboxylic acids is 1. The van der Waals surface area contributed by atoms with Crippen molar-refractivity contribution in [1.29, 1.82) is 0 Å². The summed E-state index contributed by atoms with van der Waals surface area (Å²) in [6.45, 7) is 0. The average Bonchev–Trinajstić information content (AvgIpc) is 2.60. The van der Waals surface area contributed by atoms with Gasteiger partial charge in [0.1, 0.15) is 0 Å². The van der Waals surface area contributed by atoms with Gasteiger partial charge in [0.05, 0.1) is 11.2 Å². The number of fused-ring (bicyclic) bond motifs is 2. The zero-order chi connectivity index (χ0) is 16.7. The Hall–Kier alpha value is -2.23. The molecule has 0 unspecified atom stereocenters. The van der Waals surface area contributed by atoms with E-state index in [-0.39, 0.29) is 0 Å². The lowest BCUT2D eigenvalue weighted by Gasteiger charge is -2.10. The molecular formula is C20H11BrClNO. The highest BCUT2D eigenvalue weighted by Crippen LogP contribution is 2.31. The van der Waals surface area contributed by atoms with Gasteiger partial charge in [0.25, 0.3) is 5.24 Å². The van der Waals surface area contributed by atoms with Crippen molar-refractivity contribution >= 4 is 54.4 Å². The number of aromatic nitrogens is 1. The van der Waals surface area contributed by atoms with Crippen molar-refractivity contribution in [1.82, 2.24) is 4.98 Å². The van der Waals surface area contributed by atoms with Gasteiger partial charge < -0.3 is 0 Å². The molecule has 0 bridgehead atoms. The number of halogens is 2. The van der Waals surface area contributed by atoms with Gasteiger partial charge in [-0.2, -0.15) is 0 Å². The zero-order valence-electron chi connectivity index (χ0n) is 12.5. The highest BCUT2D eigenvalue weighted by molar-refractivity contribution is 9.10. The summed E-state index contributed by atoms with van der Waals surface area (Å²) in [6.07, 6.45) is 0. The van der Waals surface area contributed by atoms with Gasteiger partial charge in [-0.3, -0.25) is 4.79 Å². The molecule has 0 fully saturated rings. The number of carbonyl (C=O) groups is 1. The Labute approximate surface area is 152 Å². The van der Waals surface area contributed by atoms with E-state index in [1.165, 1.54) is 0 Å². The van der Waals surface area contributed by atoms with Crippen LogP contribution in [0, 0.1) is 0 Å². The van der Waals surface area contributed by atoms with Gasteiger partial charge in [-0.05, 0) is 46.6 Å². The lowest BCUT2D eigenvalue weighted by atomic mass is 9.99. The zero-order valence-corrected chi connectivity index (χ0v) is 14.8. The van der Waals surface area contributed by atoms with Crippen LogP contribution in [-0.4, -0.2) is 10.2 Å². The van der Waals surface area contributed by atoms with Gasteiger partial charge in [-0.25, -0.2) is 4.98 Å². The number of pyridine rings is 1. The Morgan fingerprint density at radius 1 is 0.917 bits per heavy atom. The van der Waals surface area contributed by atoms with Crippen molar-refractivity contribution in [3.05, 3.63) is 76.8 Å². The van der Waals surface area contributed by atoms with Crippen LogP contribution in [0.5, 0.6) is 0 Å². The molecule has 116 valence electrons. The van der Waals surface area contributed by atoms with E-state index in [0.29, 0.717) is 5.56 Å². The minimum atomic E-state index is -0.484. The van der Waals surface area contributed by atoms with Crippen molar-refractivity contribution in [2.75, 3.05) is 0 Å². The first kappa shape index (κ1) is 15.3. The fourth-order valence-electron chi connectivity index (χ4n) is 2.95. The van der Waals surface area contributed by atoms with Gasteiger partial charge in [-0.15, -0.1) is 0 Å².